The van der Waals surface area contributed by atoms with Crippen LogP contribution in [0.2, 0.25) is 0 Å². The summed E-state index contributed by atoms with van der Waals surface area (Å²) in [5.74, 6) is -1.96. The molecule has 0 atom stereocenters. The van der Waals surface area contributed by atoms with Crippen molar-refractivity contribution in [3.8, 4) is 45.8 Å². The molecule has 10 heteroatoms. The Labute approximate surface area is 256 Å². The number of phenolic OH excluding ortho intramolecular Hbond substituents is 4. The highest BCUT2D eigenvalue weighted by molar-refractivity contribution is 7.80. The topological polar surface area (TPSA) is 144 Å². The number of benzene rings is 5. The fourth-order valence-corrected chi connectivity index (χ4v) is 4.68. The number of nitrogens with zero attached hydrogens (tertiary/aromatic N) is 1. The average Bonchev–Trinajstić information content (AvgIpc) is 3.00. The molecule has 0 radical (unpaired) electrons. The van der Waals surface area contributed by atoms with Gasteiger partial charge in [-0.1, -0.05) is 42.5 Å². The van der Waals surface area contributed by atoms with E-state index in [1.807, 2.05) is 54.4 Å². The van der Waals surface area contributed by atoms with Gasteiger partial charge < -0.3 is 39.6 Å². The molecule has 0 fully saturated rings. The van der Waals surface area contributed by atoms with Gasteiger partial charge in [0.2, 0.25) is 11.2 Å². The third-order valence-electron chi connectivity index (χ3n) is 6.76. The summed E-state index contributed by atoms with van der Waals surface area (Å²) in [6.45, 7) is 2.06. The van der Waals surface area contributed by atoms with Gasteiger partial charge in [0.05, 0.1) is 0 Å². The molecular weight excluding hydrogens is 582 g/mol. The van der Waals surface area contributed by atoms with Gasteiger partial charge in [-0.15, -0.1) is 0 Å². The smallest absolute Gasteiger partial charge is 0.269 e. The Bertz CT molecular complexity index is 2090. The van der Waals surface area contributed by atoms with Crippen LogP contribution in [0.3, 0.4) is 0 Å². The van der Waals surface area contributed by atoms with Gasteiger partial charge in [-0.25, -0.2) is 0 Å². The third kappa shape index (κ3) is 6.20. The highest BCUT2D eigenvalue weighted by Crippen LogP contribution is 2.37. The first-order valence-corrected chi connectivity index (χ1v) is 13.7. The molecule has 6 aromatic rings. The monoisotopic (exact) mass is 609 g/mol. The molecule has 0 unspecified atom stereocenters. The van der Waals surface area contributed by atoms with Crippen molar-refractivity contribution in [3.63, 3.8) is 0 Å². The third-order valence-corrected chi connectivity index (χ3v) is 7.12. The average molecular weight is 610 g/mol. The lowest BCUT2D eigenvalue weighted by atomic mass is 10.1. The summed E-state index contributed by atoms with van der Waals surface area (Å²) in [5, 5.41) is 50.4. The van der Waals surface area contributed by atoms with Crippen LogP contribution in [0, 0.1) is 6.92 Å². The zero-order valence-corrected chi connectivity index (χ0v) is 24.4. The second-order valence-corrected chi connectivity index (χ2v) is 10.3. The van der Waals surface area contributed by atoms with Gasteiger partial charge in [-0.3, -0.25) is 4.79 Å². The number of aromatic hydroxyl groups is 5. The number of fused-ring (bicyclic) bond motifs is 2. The quantitative estimate of drug-likeness (QED) is 0.106. The highest BCUT2D eigenvalue weighted by Gasteiger charge is 2.19. The molecule has 1 heterocycles. The maximum atomic E-state index is 12.1. The zero-order chi connectivity index (χ0) is 31.5. The van der Waals surface area contributed by atoms with E-state index in [2.05, 4.69) is 31.2 Å². The largest absolute Gasteiger partial charge is 0.508 e. The van der Waals surface area contributed by atoms with Gasteiger partial charge in [-0.2, -0.15) is 0 Å². The Balaban J connectivity index is 0.000000175. The Hall–Kier alpha value is -5.74. The van der Waals surface area contributed by atoms with Crippen LogP contribution in [0.25, 0.3) is 33.1 Å². The normalized spacial score (nSPS) is 10.7. The fraction of sp³-hybridized carbons (Fsp3) is 0.0588. The first kappa shape index (κ1) is 29.7. The van der Waals surface area contributed by atoms with Crippen LogP contribution in [-0.4, -0.2) is 37.8 Å². The molecule has 0 bridgehead atoms. The van der Waals surface area contributed by atoms with Crippen LogP contribution in [0.15, 0.2) is 106 Å². The second kappa shape index (κ2) is 12.2. The van der Waals surface area contributed by atoms with E-state index in [0.29, 0.717) is 5.17 Å². The molecule has 0 spiro atoms. The van der Waals surface area contributed by atoms with Crippen molar-refractivity contribution in [2.24, 2.45) is 0 Å². The molecule has 0 amide bonds. The number of rotatable bonds is 3. The zero-order valence-electron chi connectivity index (χ0n) is 23.6. The maximum absolute atomic E-state index is 12.1. The van der Waals surface area contributed by atoms with Crippen molar-refractivity contribution < 1.29 is 34.7 Å². The lowest BCUT2D eigenvalue weighted by molar-refractivity contribution is 0.403. The van der Waals surface area contributed by atoms with Crippen LogP contribution in [-0.2, 0) is 0 Å². The van der Waals surface area contributed by atoms with Crippen molar-refractivity contribution in [2.75, 3.05) is 11.9 Å². The summed E-state index contributed by atoms with van der Waals surface area (Å²) < 4.78 is 11.2. The van der Waals surface area contributed by atoms with Crippen molar-refractivity contribution >= 4 is 44.8 Å². The minimum atomic E-state index is -0.888. The van der Waals surface area contributed by atoms with Crippen molar-refractivity contribution in [2.45, 2.75) is 6.92 Å². The van der Waals surface area contributed by atoms with Crippen molar-refractivity contribution in [3.05, 3.63) is 113 Å². The van der Waals surface area contributed by atoms with E-state index in [9.17, 15) is 30.3 Å². The molecule has 0 aliphatic heterocycles. The Kier molecular flexibility index (Phi) is 8.27. The first-order chi connectivity index (χ1) is 21.0. The van der Waals surface area contributed by atoms with Crippen LogP contribution in [0.5, 0.6) is 34.5 Å². The minimum absolute atomic E-state index is 0.134. The standard InChI is InChI=1S/C19H17NOS.C15H10O7/c1-14-6-5-9-17(12-14)20(2)19(22)21-18-11-10-15-7-3-4-8-16(15)13-18;16-7-4-10(19)12-11(5-7)22-15(14(21)13(12)20)6-1-2-8(17)9(18)3-6/h3-13H,1-2H3;1-5,16-19,21H. The minimum Gasteiger partial charge on any atom is -0.508 e. The summed E-state index contributed by atoms with van der Waals surface area (Å²) in [7, 11) is 1.91. The van der Waals surface area contributed by atoms with E-state index >= 15 is 0 Å². The molecule has 0 aliphatic carbocycles. The second-order valence-electron chi connectivity index (χ2n) is 9.93. The predicted octanol–water partition coefficient (Wildman–Crippen LogP) is 6.94. The fourth-order valence-electron chi connectivity index (χ4n) is 4.48. The Morgan fingerprint density at radius 3 is 2.25 bits per heavy atom. The number of ether oxygens (including phenoxy) is 1. The van der Waals surface area contributed by atoms with Gasteiger partial charge in [0.15, 0.2) is 17.3 Å². The lowest BCUT2D eigenvalue weighted by Gasteiger charge is -2.20. The van der Waals surface area contributed by atoms with Crippen LogP contribution in [0.4, 0.5) is 5.69 Å². The summed E-state index contributed by atoms with van der Waals surface area (Å²) in [6, 6.07) is 28.0. The number of aryl methyl sites for hydroxylation is 1. The highest BCUT2D eigenvalue weighted by atomic mass is 32.1. The van der Waals surface area contributed by atoms with Crippen LogP contribution in [0.1, 0.15) is 5.56 Å². The molecular formula is C34H27NO8S. The Morgan fingerprint density at radius 2 is 1.52 bits per heavy atom. The molecule has 0 saturated carbocycles. The molecule has 0 saturated heterocycles. The van der Waals surface area contributed by atoms with Gasteiger partial charge in [0, 0.05) is 30.4 Å². The number of thiocarbonyl (C=S) groups is 1. The van der Waals surface area contributed by atoms with E-state index < -0.39 is 22.7 Å². The number of anilines is 1. The van der Waals surface area contributed by atoms with Gasteiger partial charge in [-0.05, 0) is 77.9 Å². The lowest BCUT2D eigenvalue weighted by Crippen LogP contribution is -2.29. The molecule has 6 rings (SSSR count). The number of hydrogen-bond donors (Lipinski definition) is 5. The van der Waals surface area contributed by atoms with E-state index in [1.165, 1.54) is 17.0 Å². The number of phenols is 4. The van der Waals surface area contributed by atoms with Gasteiger partial charge in [0.1, 0.15) is 28.2 Å². The predicted molar refractivity (Wildman–Crippen MR) is 173 cm³/mol. The van der Waals surface area contributed by atoms with Crippen molar-refractivity contribution in [1.29, 1.82) is 0 Å². The van der Waals surface area contributed by atoms with Crippen LogP contribution < -0.4 is 15.1 Å². The molecule has 0 aliphatic rings. The van der Waals surface area contributed by atoms with E-state index in [1.54, 1.807) is 0 Å². The molecule has 1 aromatic heterocycles. The number of hydrogen-bond acceptors (Lipinski definition) is 9. The SMILES string of the molecule is Cc1cccc(N(C)C(=S)Oc2ccc3ccccc3c2)c1.O=c1c(O)c(-c2ccc(O)c(O)c2)oc2cc(O)cc(O)c12. The van der Waals surface area contributed by atoms with Crippen LogP contribution >= 0.6 is 12.2 Å². The van der Waals surface area contributed by atoms with Crippen molar-refractivity contribution in [1.82, 2.24) is 0 Å². The summed E-state index contributed by atoms with van der Waals surface area (Å²) in [6.07, 6.45) is 0. The van der Waals surface area contributed by atoms with E-state index in [4.69, 9.17) is 21.4 Å². The Morgan fingerprint density at radius 1 is 0.773 bits per heavy atom. The van der Waals surface area contributed by atoms with E-state index in [0.717, 1.165) is 41.1 Å². The van der Waals surface area contributed by atoms with E-state index in [-0.39, 0.29) is 33.8 Å². The first-order valence-electron chi connectivity index (χ1n) is 13.3. The summed E-state index contributed by atoms with van der Waals surface area (Å²) in [5.41, 5.74) is 1.32. The van der Waals surface area contributed by atoms with Gasteiger partial charge in [0.25, 0.3) is 5.17 Å². The molecule has 5 aromatic carbocycles. The maximum Gasteiger partial charge on any atom is 0.269 e. The molecule has 44 heavy (non-hydrogen) atoms. The molecule has 5 N–H and O–H groups in total. The summed E-state index contributed by atoms with van der Waals surface area (Å²) in [4.78, 5) is 14.0. The summed E-state index contributed by atoms with van der Waals surface area (Å²) >= 11 is 5.41. The molecule has 9 nitrogen and oxygen atoms in total. The van der Waals surface area contributed by atoms with Gasteiger partial charge >= 0.3 is 0 Å². The molecule has 222 valence electrons.